The molecule has 2 rings (SSSR count). The van der Waals surface area contributed by atoms with Crippen molar-refractivity contribution in [1.82, 2.24) is 4.90 Å². The zero-order valence-electron chi connectivity index (χ0n) is 14.6. The molecule has 0 aliphatic heterocycles. The van der Waals surface area contributed by atoms with E-state index in [-0.39, 0.29) is 5.91 Å². The number of esters is 1. The van der Waals surface area contributed by atoms with E-state index < -0.39 is 5.97 Å². The van der Waals surface area contributed by atoms with E-state index in [1.165, 1.54) is 13.2 Å². The van der Waals surface area contributed by atoms with Crippen LogP contribution < -0.4 is 4.74 Å². The van der Waals surface area contributed by atoms with E-state index in [0.29, 0.717) is 29.5 Å². The second-order valence-electron chi connectivity index (χ2n) is 5.51. The van der Waals surface area contributed by atoms with Crippen molar-refractivity contribution in [2.24, 2.45) is 0 Å². The number of rotatable bonds is 7. The number of hydrogen-bond acceptors (Lipinski definition) is 4. The normalized spacial score (nSPS) is 10.6. The smallest absolute Gasteiger partial charge is 0.330 e. The summed E-state index contributed by atoms with van der Waals surface area (Å²) < 4.78 is 10.2. The van der Waals surface area contributed by atoms with Gasteiger partial charge < -0.3 is 14.4 Å². The quantitative estimate of drug-likeness (QED) is 0.548. The molecule has 0 aliphatic carbocycles. The second-order valence-corrected chi connectivity index (χ2v) is 5.94. The predicted molar refractivity (Wildman–Crippen MR) is 101 cm³/mol. The van der Waals surface area contributed by atoms with Gasteiger partial charge in [0.15, 0.2) is 0 Å². The highest BCUT2D eigenvalue weighted by Gasteiger charge is 2.11. The van der Waals surface area contributed by atoms with Gasteiger partial charge >= 0.3 is 5.97 Å². The summed E-state index contributed by atoms with van der Waals surface area (Å²) in [4.78, 5) is 24.9. The Morgan fingerprint density at radius 3 is 2.35 bits per heavy atom. The number of halogens is 1. The fraction of sp³-hybridized carbons (Fsp3) is 0.200. The summed E-state index contributed by atoms with van der Waals surface area (Å²) in [5.74, 6) is 0.194. The lowest BCUT2D eigenvalue weighted by atomic mass is 10.2. The third-order valence-electron chi connectivity index (χ3n) is 3.63. The number of amides is 1. The summed E-state index contributed by atoms with van der Waals surface area (Å²) in [6.45, 7) is 0.818. The van der Waals surface area contributed by atoms with Crippen molar-refractivity contribution >= 4 is 29.6 Å². The van der Waals surface area contributed by atoms with Crippen LogP contribution >= 0.6 is 11.6 Å². The van der Waals surface area contributed by atoms with Crippen molar-refractivity contribution in [2.75, 3.05) is 27.3 Å². The number of ether oxygens (including phenoxy) is 2. The largest absolute Gasteiger partial charge is 0.492 e. The van der Waals surface area contributed by atoms with Gasteiger partial charge in [-0.2, -0.15) is 0 Å². The summed E-state index contributed by atoms with van der Waals surface area (Å²) in [5.41, 5.74) is 1.44. The molecule has 26 heavy (non-hydrogen) atoms. The first kappa shape index (κ1) is 19.5. The van der Waals surface area contributed by atoms with Gasteiger partial charge in [-0.05, 0) is 48.0 Å². The molecule has 5 nitrogen and oxygen atoms in total. The maximum atomic E-state index is 12.3. The number of benzene rings is 2. The minimum atomic E-state index is -0.404. The molecule has 0 aromatic heterocycles. The van der Waals surface area contributed by atoms with Crippen LogP contribution in [-0.2, 0) is 9.53 Å². The Labute approximate surface area is 157 Å². The van der Waals surface area contributed by atoms with Gasteiger partial charge in [-0.3, -0.25) is 4.79 Å². The predicted octanol–water partition coefficient (Wildman–Crippen LogP) is 3.68. The van der Waals surface area contributed by atoms with E-state index in [9.17, 15) is 9.59 Å². The molecule has 0 radical (unpaired) electrons. The minimum absolute atomic E-state index is 0.0893. The Hall–Kier alpha value is -2.79. The van der Waals surface area contributed by atoms with E-state index in [2.05, 4.69) is 4.74 Å². The fourth-order valence-electron chi connectivity index (χ4n) is 2.12. The first-order valence-corrected chi connectivity index (χ1v) is 8.37. The topological polar surface area (TPSA) is 55.8 Å². The van der Waals surface area contributed by atoms with Crippen LogP contribution in [0.25, 0.3) is 6.08 Å². The molecule has 6 heteroatoms. The first-order chi connectivity index (χ1) is 12.5. The van der Waals surface area contributed by atoms with E-state index in [1.807, 2.05) is 12.1 Å². The maximum absolute atomic E-state index is 12.3. The summed E-state index contributed by atoms with van der Waals surface area (Å²) >= 11 is 5.83. The van der Waals surface area contributed by atoms with Crippen molar-refractivity contribution in [3.05, 3.63) is 70.8 Å². The first-order valence-electron chi connectivity index (χ1n) is 7.99. The molecule has 0 aliphatic rings. The zero-order chi connectivity index (χ0) is 18.9. The third kappa shape index (κ3) is 5.93. The molecule has 0 heterocycles. The number of carbonyl (C=O) groups is 2. The third-order valence-corrected chi connectivity index (χ3v) is 3.88. The van der Waals surface area contributed by atoms with E-state index >= 15 is 0 Å². The van der Waals surface area contributed by atoms with Crippen molar-refractivity contribution in [3.63, 3.8) is 0 Å². The summed E-state index contributed by atoms with van der Waals surface area (Å²) in [6.07, 6.45) is 3.02. The van der Waals surface area contributed by atoms with Crippen LogP contribution in [0.3, 0.4) is 0 Å². The molecule has 2 aromatic rings. The van der Waals surface area contributed by atoms with Gasteiger partial charge in [0.05, 0.1) is 13.7 Å². The Kier molecular flexibility index (Phi) is 7.24. The molecule has 136 valence electrons. The molecule has 0 fully saturated rings. The monoisotopic (exact) mass is 373 g/mol. The highest BCUT2D eigenvalue weighted by atomic mass is 35.5. The molecule has 2 aromatic carbocycles. The Bertz CT molecular complexity index is 769. The molecule has 0 bridgehead atoms. The molecule has 0 N–H and O–H groups in total. The van der Waals surface area contributed by atoms with E-state index in [0.717, 1.165) is 5.56 Å². The van der Waals surface area contributed by atoms with Crippen LogP contribution in [-0.4, -0.2) is 44.1 Å². The van der Waals surface area contributed by atoms with Crippen LogP contribution in [0.1, 0.15) is 15.9 Å². The van der Waals surface area contributed by atoms with Crippen molar-refractivity contribution in [2.45, 2.75) is 0 Å². The SMILES string of the molecule is COC(=O)/C=C/c1ccc(OCCN(C)C(=O)c2ccc(Cl)cc2)cc1. The van der Waals surface area contributed by atoms with Gasteiger partial charge in [-0.1, -0.05) is 23.7 Å². The van der Waals surface area contributed by atoms with E-state index in [4.69, 9.17) is 16.3 Å². The Morgan fingerprint density at radius 2 is 1.73 bits per heavy atom. The lowest BCUT2D eigenvalue weighted by Crippen LogP contribution is -2.30. The van der Waals surface area contributed by atoms with Gasteiger partial charge in [-0.25, -0.2) is 4.79 Å². The zero-order valence-corrected chi connectivity index (χ0v) is 15.4. The summed E-state index contributed by atoms with van der Waals surface area (Å²) in [7, 11) is 3.05. The van der Waals surface area contributed by atoms with Crippen LogP contribution in [0.5, 0.6) is 5.75 Å². The van der Waals surface area contributed by atoms with Gasteiger partial charge in [0, 0.05) is 23.7 Å². The van der Waals surface area contributed by atoms with Crippen LogP contribution in [0.4, 0.5) is 0 Å². The highest BCUT2D eigenvalue weighted by Crippen LogP contribution is 2.14. The molecule has 0 saturated heterocycles. The number of nitrogens with zero attached hydrogens (tertiary/aromatic N) is 1. The van der Waals surface area contributed by atoms with E-state index in [1.54, 1.807) is 54.4 Å². The molecular formula is C20H20ClNO4. The van der Waals surface area contributed by atoms with Crippen LogP contribution in [0.2, 0.25) is 5.02 Å². The maximum Gasteiger partial charge on any atom is 0.330 e. The van der Waals surface area contributed by atoms with Crippen LogP contribution in [0.15, 0.2) is 54.6 Å². The van der Waals surface area contributed by atoms with Gasteiger partial charge in [-0.15, -0.1) is 0 Å². The van der Waals surface area contributed by atoms with Crippen molar-refractivity contribution in [1.29, 1.82) is 0 Å². The second kappa shape index (κ2) is 9.63. The Morgan fingerprint density at radius 1 is 1.08 bits per heavy atom. The Balaban J connectivity index is 1.81. The molecule has 0 atom stereocenters. The molecule has 0 unspecified atom stereocenters. The molecule has 1 amide bonds. The average Bonchev–Trinajstić information content (AvgIpc) is 2.67. The van der Waals surface area contributed by atoms with Gasteiger partial charge in [0.25, 0.3) is 5.91 Å². The van der Waals surface area contributed by atoms with Gasteiger partial charge in [0.1, 0.15) is 12.4 Å². The number of carbonyl (C=O) groups excluding carboxylic acids is 2. The lowest BCUT2D eigenvalue weighted by Gasteiger charge is -2.17. The standard InChI is InChI=1S/C20H20ClNO4/c1-22(20(24)16-6-8-17(21)9-7-16)13-14-26-18-10-3-15(4-11-18)5-12-19(23)25-2/h3-12H,13-14H2,1-2H3/b12-5+. The minimum Gasteiger partial charge on any atom is -0.492 e. The lowest BCUT2D eigenvalue weighted by molar-refractivity contribution is -0.134. The number of hydrogen-bond donors (Lipinski definition) is 0. The molecule has 0 saturated carbocycles. The highest BCUT2D eigenvalue weighted by molar-refractivity contribution is 6.30. The molecular weight excluding hydrogens is 354 g/mol. The van der Waals surface area contributed by atoms with Crippen molar-refractivity contribution < 1.29 is 19.1 Å². The van der Waals surface area contributed by atoms with Gasteiger partial charge in [0.2, 0.25) is 0 Å². The summed E-state index contributed by atoms with van der Waals surface area (Å²) in [6, 6.07) is 14.0. The average molecular weight is 374 g/mol. The number of likely N-dealkylation sites (N-methyl/N-ethyl adjacent to an activating group) is 1. The fourth-order valence-corrected chi connectivity index (χ4v) is 2.25. The number of methoxy groups -OCH3 is 1. The molecule has 0 spiro atoms. The van der Waals surface area contributed by atoms with Crippen LogP contribution in [0, 0.1) is 0 Å². The summed E-state index contributed by atoms with van der Waals surface area (Å²) in [5, 5.41) is 0.595. The van der Waals surface area contributed by atoms with Crippen molar-refractivity contribution in [3.8, 4) is 5.75 Å².